The molecule has 1 saturated carbocycles. The molecule has 2 amide bonds. The summed E-state index contributed by atoms with van der Waals surface area (Å²) >= 11 is 1.51. The molecule has 0 aromatic carbocycles. The zero-order valence-corrected chi connectivity index (χ0v) is 23.3. The molecule has 0 bridgehead atoms. The molecule has 2 saturated heterocycles. The minimum Gasteiger partial charge on any atom is -0.497 e. The summed E-state index contributed by atoms with van der Waals surface area (Å²) in [5.74, 6) is 0.960. The Hall–Kier alpha value is -2.40. The van der Waals surface area contributed by atoms with Crippen molar-refractivity contribution >= 4 is 23.6 Å². The molecule has 38 heavy (non-hydrogen) atoms. The first kappa shape index (κ1) is 27.2. The number of carbonyl (C=O) groups excluding carboxylic acids is 2. The van der Waals surface area contributed by atoms with E-state index in [1.54, 1.807) is 20.4 Å². The highest BCUT2D eigenvalue weighted by Crippen LogP contribution is 2.33. The number of pyridine rings is 1. The first-order valence-electron chi connectivity index (χ1n) is 13.7. The molecule has 9 nitrogen and oxygen atoms in total. The van der Waals surface area contributed by atoms with Crippen molar-refractivity contribution in [2.24, 2.45) is 0 Å². The third-order valence-corrected chi connectivity index (χ3v) is 9.36. The molecule has 206 valence electrons. The molecule has 0 spiro atoms. The van der Waals surface area contributed by atoms with Gasteiger partial charge in [-0.05, 0) is 37.1 Å². The van der Waals surface area contributed by atoms with Crippen molar-refractivity contribution in [2.45, 2.75) is 41.7 Å². The van der Waals surface area contributed by atoms with Crippen molar-refractivity contribution in [1.29, 1.82) is 0 Å². The third kappa shape index (κ3) is 6.25. The molecule has 2 aliphatic carbocycles. The van der Waals surface area contributed by atoms with Gasteiger partial charge >= 0.3 is 0 Å². The van der Waals surface area contributed by atoms with Crippen molar-refractivity contribution < 1.29 is 19.1 Å². The fraction of sp³-hybridized carbons (Fsp3) is 0.607. The lowest BCUT2D eigenvalue weighted by Crippen LogP contribution is -2.56. The fourth-order valence-electron chi connectivity index (χ4n) is 5.50. The number of allylic oxidation sites excluding steroid dienone is 1. The summed E-state index contributed by atoms with van der Waals surface area (Å²) in [5.41, 5.74) is 0.600. The lowest BCUT2D eigenvalue weighted by molar-refractivity contribution is -0.135. The fourth-order valence-corrected chi connectivity index (χ4v) is 6.70. The van der Waals surface area contributed by atoms with Crippen LogP contribution in [0.25, 0.3) is 0 Å². The van der Waals surface area contributed by atoms with Gasteiger partial charge in [0.2, 0.25) is 5.91 Å². The number of carbonyl (C=O) groups is 2. The van der Waals surface area contributed by atoms with Gasteiger partial charge in [0.25, 0.3) is 5.91 Å². The second-order valence-corrected chi connectivity index (χ2v) is 11.5. The lowest BCUT2D eigenvalue weighted by Gasteiger charge is -2.43. The van der Waals surface area contributed by atoms with Crippen LogP contribution >= 0.6 is 11.8 Å². The lowest BCUT2D eigenvalue weighted by atomic mass is 9.91. The van der Waals surface area contributed by atoms with Gasteiger partial charge in [-0.25, -0.2) is 4.98 Å². The Kier molecular flexibility index (Phi) is 9.04. The molecular weight excluding hydrogens is 502 g/mol. The van der Waals surface area contributed by atoms with E-state index in [2.05, 4.69) is 14.8 Å². The number of hydrogen-bond donors (Lipinski definition) is 0. The average Bonchev–Trinajstić information content (AvgIpc) is 2.93. The van der Waals surface area contributed by atoms with Crippen molar-refractivity contribution in [3.8, 4) is 0 Å². The van der Waals surface area contributed by atoms with Crippen LogP contribution in [-0.2, 0) is 14.3 Å². The number of methoxy groups -OCH3 is 2. The monoisotopic (exact) mass is 541 g/mol. The first-order chi connectivity index (χ1) is 18.6. The van der Waals surface area contributed by atoms with Crippen molar-refractivity contribution in [3.63, 3.8) is 0 Å². The van der Waals surface area contributed by atoms with Crippen LogP contribution in [-0.4, -0.2) is 127 Å². The van der Waals surface area contributed by atoms with E-state index in [1.165, 1.54) is 31.0 Å². The van der Waals surface area contributed by atoms with Gasteiger partial charge in [0.05, 0.1) is 30.6 Å². The summed E-state index contributed by atoms with van der Waals surface area (Å²) in [7, 11) is 3.32. The second-order valence-electron chi connectivity index (χ2n) is 10.3. The topological polar surface area (TPSA) is 78.5 Å². The molecule has 2 aliphatic heterocycles. The van der Waals surface area contributed by atoms with E-state index in [1.807, 2.05) is 40.2 Å². The summed E-state index contributed by atoms with van der Waals surface area (Å²) in [5, 5.41) is 0.630. The molecule has 4 aliphatic rings. The van der Waals surface area contributed by atoms with E-state index in [-0.39, 0.29) is 23.2 Å². The largest absolute Gasteiger partial charge is 0.497 e. The highest BCUT2D eigenvalue weighted by Gasteiger charge is 2.31. The van der Waals surface area contributed by atoms with E-state index in [0.29, 0.717) is 43.3 Å². The van der Waals surface area contributed by atoms with E-state index >= 15 is 0 Å². The molecule has 10 heteroatoms. The van der Waals surface area contributed by atoms with Crippen LogP contribution in [0, 0.1) is 0 Å². The average molecular weight is 542 g/mol. The Morgan fingerprint density at radius 2 is 1.76 bits per heavy atom. The number of thioether (sulfide) groups is 1. The molecule has 0 N–H and O–H groups in total. The SMILES string of the molecule is COC1=CC(Sc2ncccc2C(=O)N2CCN(CC(=O)N3CCN(C4CCC4)CC3)CC2)C(OC)C=C1. The number of hydrogen-bond acceptors (Lipinski definition) is 8. The normalized spacial score (nSPS) is 25.2. The zero-order valence-electron chi connectivity index (χ0n) is 22.5. The molecule has 3 heterocycles. The number of nitrogens with zero attached hydrogens (tertiary/aromatic N) is 5. The van der Waals surface area contributed by atoms with Crippen LogP contribution in [0.5, 0.6) is 0 Å². The molecule has 0 radical (unpaired) electrons. The van der Waals surface area contributed by atoms with Gasteiger partial charge < -0.3 is 19.3 Å². The predicted molar refractivity (Wildman–Crippen MR) is 147 cm³/mol. The Bertz CT molecular complexity index is 1050. The summed E-state index contributed by atoms with van der Waals surface area (Å²) in [4.78, 5) is 39.6. The number of aromatic nitrogens is 1. The molecule has 2 unspecified atom stereocenters. The second kappa shape index (κ2) is 12.6. The van der Waals surface area contributed by atoms with Gasteiger partial charge in [-0.1, -0.05) is 24.3 Å². The quantitative estimate of drug-likeness (QED) is 0.495. The minimum absolute atomic E-state index is 0.0186. The standard InChI is InChI=1S/C28H39N5O4S/c1-36-22-8-9-24(37-2)25(19-22)38-27-23(7-4-10-29-27)28(35)33-13-11-30(12-14-33)20-26(34)32-17-15-31(16-18-32)21-5-3-6-21/h4,7-10,19,21,24-25H,3,5-6,11-18,20H2,1-2H3. The van der Waals surface area contributed by atoms with Crippen LogP contribution in [0.15, 0.2) is 47.3 Å². The maximum atomic E-state index is 13.5. The van der Waals surface area contributed by atoms with E-state index in [4.69, 9.17) is 9.47 Å². The smallest absolute Gasteiger partial charge is 0.256 e. The zero-order chi connectivity index (χ0) is 26.5. The molecule has 5 rings (SSSR count). The molecule has 2 atom stereocenters. The van der Waals surface area contributed by atoms with Crippen LogP contribution < -0.4 is 0 Å². The van der Waals surface area contributed by atoms with Crippen molar-refractivity contribution in [2.75, 3.05) is 73.1 Å². The summed E-state index contributed by atoms with van der Waals surface area (Å²) in [6.07, 6.45) is 11.4. The Labute approximate surface area is 229 Å². The van der Waals surface area contributed by atoms with Crippen molar-refractivity contribution in [3.05, 3.63) is 47.9 Å². The maximum absolute atomic E-state index is 13.5. The molecule has 1 aromatic heterocycles. The van der Waals surface area contributed by atoms with Gasteiger partial charge in [0, 0.05) is 71.7 Å². The van der Waals surface area contributed by atoms with Gasteiger partial charge in [0.1, 0.15) is 10.8 Å². The third-order valence-electron chi connectivity index (χ3n) is 8.14. The predicted octanol–water partition coefficient (Wildman–Crippen LogP) is 2.11. The van der Waals surface area contributed by atoms with E-state index in [0.717, 1.165) is 38.0 Å². The van der Waals surface area contributed by atoms with E-state index < -0.39 is 0 Å². The van der Waals surface area contributed by atoms with Crippen LogP contribution in [0.2, 0.25) is 0 Å². The molecular formula is C28H39N5O4S. The summed E-state index contributed by atoms with van der Waals surface area (Å²) in [6, 6.07) is 4.40. The Balaban J connectivity index is 1.13. The Morgan fingerprint density at radius 3 is 2.42 bits per heavy atom. The summed E-state index contributed by atoms with van der Waals surface area (Å²) < 4.78 is 11.0. The van der Waals surface area contributed by atoms with E-state index in [9.17, 15) is 9.59 Å². The number of rotatable bonds is 8. The summed E-state index contributed by atoms with van der Waals surface area (Å²) in [6.45, 7) is 6.67. The highest BCUT2D eigenvalue weighted by atomic mass is 32.2. The van der Waals surface area contributed by atoms with Crippen LogP contribution in [0.4, 0.5) is 0 Å². The Morgan fingerprint density at radius 1 is 1.03 bits per heavy atom. The number of ether oxygens (including phenoxy) is 2. The molecule has 1 aromatic rings. The van der Waals surface area contributed by atoms with Gasteiger partial charge in [-0.2, -0.15) is 0 Å². The number of piperazine rings is 2. The van der Waals surface area contributed by atoms with Gasteiger partial charge in [-0.3, -0.25) is 19.4 Å². The maximum Gasteiger partial charge on any atom is 0.256 e. The molecule has 3 fully saturated rings. The van der Waals surface area contributed by atoms with Crippen LogP contribution in [0.1, 0.15) is 29.6 Å². The minimum atomic E-state index is -0.133. The first-order valence-corrected chi connectivity index (χ1v) is 14.6. The van der Waals surface area contributed by atoms with Gasteiger partial charge in [-0.15, -0.1) is 0 Å². The number of amides is 2. The van der Waals surface area contributed by atoms with Gasteiger partial charge in [0.15, 0.2) is 0 Å². The van der Waals surface area contributed by atoms with Crippen molar-refractivity contribution in [1.82, 2.24) is 24.6 Å². The highest BCUT2D eigenvalue weighted by molar-refractivity contribution is 8.00. The van der Waals surface area contributed by atoms with Crippen LogP contribution in [0.3, 0.4) is 0 Å².